The molecular formula is C16H24N4O2S. The number of anilines is 1. The van der Waals surface area contributed by atoms with E-state index in [1.165, 1.54) is 0 Å². The number of nitrogens with zero attached hydrogens (tertiary/aromatic N) is 3. The number of carbonyl (C=O) groups is 1. The van der Waals surface area contributed by atoms with Crippen LogP contribution in [0.4, 0.5) is 10.6 Å². The monoisotopic (exact) mass is 336 g/mol. The van der Waals surface area contributed by atoms with E-state index >= 15 is 0 Å². The summed E-state index contributed by atoms with van der Waals surface area (Å²) in [6.45, 7) is 6.77. The highest BCUT2D eigenvalue weighted by atomic mass is 32.2. The highest BCUT2D eigenvalue weighted by Gasteiger charge is 2.18. The molecule has 3 heterocycles. The third kappa shape index (κ3) is 4.51. The zero-order valence-electron chi connectivity index (χ0n) is 13.5. The van der Waals surface area contributed by atoms with E-state index in [2.05, 4.69) is 22.1 Å². The standard InChI is InChI=1S/C16H24N4O2S/c1-13-12-20(4-7-22-13)15-3-2-14(10-17-15)11-18-16(21)19-5-8-23-9-6-19/h2-3,10,13H,4-9,11-12H2,1H3,(H,18,21)/t13-/m1/s1. The lowest BCUT2D eigenvalue weighted by Gasteiger charge is -2.32. The van der Waals surface area contributed by atoms with Crippen LogP contribution in [0, 0.1) is 0 Å². The van der Waals surface area contributed by atoms with Crippen LogP contribution < -0.4 is 10.2 Å². The predicted molar refractivity (Wildman–Crippen MR) is 93.0 cm³/mol. The molecule has 3 rings (SSSR count). The van der Waals surface area contributed by atoms with E-state index in [1.54, 1.807) is 0 Å². The van der Waals surface area contributed by atoms with Crippen molar-refractivity contribution in [1.82, 2.24) is 15.2 Å². The molecule has 7 heteroatoms. The zero-order valence-corrected chi connectivity index (χ0v) is 14.3. The maximum atomic E-state index is 12.1. The lowest BCUT2D eigenvalue weighted by atomic mass is 10.2. The number of carbonyl (C=O) groups excluding carboxylic acids is 1. The average Bonchev–Trinajstić information content (AvgIpc) is 2.61. The van der Waals surface area contributed by atoms with Gasteiger partial charge in [0.1, 0.15) is 5.82 Å². The highest BCUT2D eigenvalue weighted by Crippen LogP contribution is 2.15. The molecule has 0 bridgehead atoms. The summed E-state index contributed by atoms with van der Waals surface area (Å²) in [7, 11) is 0. The summed E-state index contributed by atoms with van der Waals surface area (Å²) in [5.74, 6) is 3.03. The summed E-state index contributed by atoms with van der Waals surface area (Å²) in [6.07, 6.45) is 2.09. The Morgan fingerprint density at radius 3 is 2.91 bits per heavy atom. The van der Waals surface area contributed by atoms with Crippen molar-refractivity contribution in [1.29, 1.82) is 0 Å². The molecule has 1 N–H and O–H groups in total. The number of morpholine rings is 1. The van der Waals surface area contributed by atoms with Crippen LogP contribution in [0.25, 0.3) is 0 Å². The molecule has 0 unspecified atom stereocenters. The summed E-state index contributed by atoms with van der Waals surface area (Å²) in [4.78, 5) is 20.7. The molecule has 2 aliphatic rings. The number of thioether (sulfide) groups is 1. The number of rotatable bonds is 3. The molecule has 2 fully saturated rings. The Kier molecular flexibility index (Phi) is 5.61. The van der Waals surface area contributed by atoms with Gasteiger partial charge in [-0.3, -0.25) is 0 Å². The van der Waals surface area contributed by atoms with Crippen molar-refractivity contribution in [2.75, 3.05) is 49.2 Å². The summed E-state index contributed by atoms with van der Waals surface area (Å²) in [5, 5.41) is 2.98. The molecule has 1 aromatic rings. The van der Waals surface area contributed by atoms with Gasteiger partial charge in [-0.1, -0.05) is 6.07 Å². The second-order valence-electron chi connectivity index (χ2n) is 5.91. The molecule has 2 saturated heterocycles. The Labute approximate surface area is 141 Å². The molecule has 1 atom stereocenters. The van der Waals surface area contributed by atoms with Crippen LogP contribution in [0.2, 0.25) is 0 Å². The molecule has 1 aromatic heterocycles. The largest absolute Gasteiger partial charge is 0.375 e. The molecule has 2 amide bonds. The van der Waals surface area contributed by atoms with Crippen molar-refractivity contribution in [3.8, 4) is 0 Å². The Bertz CT molecular complexity index is 519. The maximum absolute atomic E-state index is 12.1. The van der Waals surface area contributed by atoms with Gasteiger partial charge in [0.25, 0.3) is 0 Å². The van der Waals surface area contributed by atoms with Crippen LogP contribution in [-0.2, 0) is 11.3 Å². The molecule has 0 spiro atoms. The molecule has 0 radical (unpaired) electrons. The Morgan fingerprint density at radius 1 is 1.39 bits per heavy atom. The summed E-state index contributed by atoms with van der Waals surface area (Å²) >= 11 is 1.90. The summed E-state index contributed by atoms with van der Waals surface area (Å²) in [5.41, 5.74) is 1.02. The van der Waals surface area contributed by atoms with Crippen LogP contribution in [0.15, 0.2) is 18.3 Å². The van der Waals surface area contributed by atoms with E-state index < -0.39 is 0 Å². The first-order valence-electron chi connectivity index (χ1n) is 8.14. The number of hydrogen-bond donors (Lipinski definition) is 1. The fourth-order valence-corrected chi connectivity index (χ4v) is 3.69. The number of aromatic nitrogens is 1. The van der Waals surface area contributed by atoms with Crippen molar-refractivity contribution < 1.29 is 9.53 Å². The molecule has 2 aliphatic heterocycles. The quantitative estimate of drug-likeness (QED) is 0.908. The van der Waals surface area contributed by atoms with Crippen molar-refractivity contribution in [3.05, 3.63) is 23.9 Å². The van der Waals surface area contributed by atoms with Crippen LogP contribution in [0.5, 0.6) is 0 Å². The minimum Gasteiger partial charge on any atom is -0.375 e. The Hall–Kier alpha value is -1.47. The van der Waals surface area contributed by atoms with E-state index in [9.17, 15) is 4.79 Å². The third-order valence-corrected chi connectivity index (χ3v) is 5.06. The lowest BCUT2D eigenvalue weighted by molar-refractivity contribution is 0.0529. The number of ether oxygens (including phenoxy) is 1. The number of pyridine rings is 1. The second kappa shape index (κ2) is 7.88. The van der Waals surface area contributed by atoms with Gasteiger partial charge in [-0.05, 0) is 18.6 Å². The van der Waals surface area contributed by atoms with E-state index in [0.717, 1.165) is 55.7 Å². The smallest absolute Gasteiger partial charge is 0.317 e. The van der Waals surface area contributed by atoms with Gasteiger partial charge in [0.15, 0.2) is 0 Å². The fraction of sp³-hybridized carbons (Fsp3) is 0.625. The van der Waals surface area contributed by atoms with Gasteiger partial charge >= 0.3 is 6.03 Å². The van der Waals surface area contributed by atoms with E-state index in [1.807, 2.05) is 35.0 Å². The molecule has 126 valence electrons. The molecule has 0 aliphatic carbocycles. The van der Waals surface area contributed by atoms with Gasteiger partial charge in [0.05, 0.1) is 12.7 Å². The van der Waals surface area contributed by atoms with E-state index in [4.69, 9.17) is 4.74 Å². The first-order chi connectivity index (χ1) is 11.2. The first-order valence-corrected chi connectivity index (χ1v) is 9.30. The van der Waals surface area contributed by atoms with E-state index in [-0.39, 0.29) is 12.1 Å². The van der Waals surface area contributed by atoms with Crippen LogP contribution in [-0.4, -0.2) is 66.3 Å². The van der Waals surface area contributed by atoms with Gasteiger partial charge in [0.2, 0.25) is 0 Å². The van der Waals surface area contributed by atoms with Gasteiger partial charge in [-0.2, -0.15) is 11.8 Å². The average molecular weight is 336 g/mol. The van der Waals surface area contributed by atoms with Crippen molar-refractivity contribution in [2.45, 2.75) is 19.6 Å². The van der Waals surface area contributed by atoms with Crippen LogP contribution >= 0.6 is 11.8 Å². The number of urea groups is 1. The topological polar surface area (TPSA) is 57.7 Å². The van der Waals surface area contributed by atoms with E-state index in [0.29, 0.717) is 6.54 Å². The molecule has 6 nitrogen and oxygen atoms in total. The van der Waals surface area contributed by atoms with Crippen LogP contribution in [0.1, 0.15) is 12.5 Å². The lowest BCUT2D eigenvalue weighted by Crippen LogP contribution is -2.44. The first kappa shape index (κ1) is 16.4. The maximum Gasteiger partial charge on any atom is 0.317 e. The van der Waals surface area contributed by atoms with Crippen molar-refractivity contribution in [3.63, 3.8) is 0 Å². The SMILES string of the molecule is C[C@@H]1CN(c2ccc(CNC(=O)N3CCSCC3)cn2)CCO1. The summed E-state index contributed by atoms with van der Waals surface area (Å²) < 4.78 is 5.55. The predicted octanol–water partition coefficient (Wildman–Crippen LogP) is 1.57. The molecule has 23 heavy (non-hydrogen) atoms. The minimum atomic E-state index is 0.0244. The number of nitrogens with one attached hydrogen (secondary N) is 1. The molecule has 0 saturated carbocycles. The van der Waals surface area contributed by atoms with Crippen molar-refractivity contribution >= 4 is 23.6 Å². The van der Waals surface area contributed by atoms with Crippen LogP contribution in [0.3, 0.4) is 0 Å². The minimum absolute atomic E-state index is 0.0244. The normalized spacial score (nSPS) is 22.0. The Morgan fingerprint density at radius 2 is 2.22 bits per heavy atom. The summed E-state index contributed by atoms with van der Waals surface area (Å²) in [6, 6.07) is 4.09. The number of amides is 2. The van der Waals surface area contributed by atoms with Gasteiger partial charge in [-0.25, -0.2) is 9.78 Å². The van der Waals surface area contributed by atoms with Gasteiger partial charge in [-0.15, -0.1) is 0 Å². The number of hydrogen-bond acceptors (Lipinski definition) is 5. The molecule has 0 aromatic carbocycles. The highest BCUT2D eigenvalue weighted by molar-refractivity contribution is 7.99. The third-order valence-electron chi connectivity index (χ3n) is 4.12. The van der Waals surface area contributed by atoms with Crippen molar-refractivity contribution in [2.24, 2.45) is 0 Å². The second-order valence-corrected chi connectivity index (χ2v) is 7.13. The Balaban J connectivity index is 1.50. The zero-order chi connectivity index (χ0) is 16.1. The molecular weight excluding hydrogens is 312 g/mol. The van der Waals surface area contributed by atoms with Gasteiger partial charge in [0, 0.05) is 50.4 Å². The van der Waals surface area contributed by atoms with Gasteiger partial charge < -0.3 is 19.9 Å². The fourth-order valence-electron chi connectivity index (χ4n) is 2.79.